The predicted octanol–water partition coefficient (Wildman–Crippen LogP) is 2.61. The van der Waals surface area contributed by atoms with Crippen LogP contribution >= 0.6 is 11.6 Å². The molecule has 0 aliphatic heterocycles. The Hall–Kier alpha value is -1.52. The Morgan fingerprint density at radius 3 is 2.83 bits per heavy atom. The number of benzene rings is 1. The summed E-state index contributed by atoms with van der Waals surface area (Å²) in [7, 11) is 1.63. The number of ether oxygens (including phenoxy) is 1. The SMILES string of the molecule is CCn1ncc(Cl)c1C(N)c1ccccc1OC. The number of para-hydroxylation sites is 1. The highest BCUT2D eigenvalue weighted by Crippen LogP contribution is 2.31. The second kappa shape index (κ2) is 5.42. The van der Waals surface area contributed by atoms with Gasteiger partial charge >= 0.3 is 0 Å². The number of hydrogen-bond donors (Lipinski definition) is 1. The van der Waals surface area contributed by atoms with Crippen LogP contribution in [0.4, 0.5) is 0 Å². The van der Waals surface area contributed by atoms with Crippen LogP contribution in [0, 0.1) is 0 Å². The van der Waals surface area contributed by atoms with Gasteiger partial charge in [-0.05, 0) is 13.0 Å². The molecule has 2 aromatic rings. The summed E-state index contributed by atoms with van der Waals surface area (Å²) in [5.41, 5.74) is 8.00. The van der Waals surface area contributed by atoms with E-state index in [1.54, 1.807) is 18.0 Å². The maximum absolute atomic E-state index is 6.29. The van der Waals surface area contributed by atoms with Crippen LogP contribution in [0.25, 0.3) is 0 Å². The van der Waals surface area contributed by atoms with Gasteiger partial charge in [-0.15, -0.1) is 0 Å². The van der Waals surface area contributed by atoms with Crippen LogP contribution in [0.1, 0.15) is 24.2 Å². The van der Waals surface area contributed by atoms with Gasteiger partial charge in [0.05, 0.1) is 30.1 Å². The first-order valence-electron chi connectivity index (χ1n) is 5.78. The molecule has 0 bridgehead atoms. The molecule has 18 heavy (non-hydrogen) atoms. The van der Waals surface area contributed by atoms with E-state index in [4.69, 9.17) is 22.1 Å². The maximum Gasteiger partial charge on any atom is 0.124 e. The first kappa shape index (κ1) is 12.9. The van der Waals surface area contributed by atoms with Crippen molar-refractivity contribution in [3.05, 3.63) is 46.7 Å². The highest BCUT2D eigenvalue weighted by molar-refractivity contribution is 6.31. The summed E-state index contributed by atoms with van der Waals surface area (Å²) in [6.07, 6.45) is 1.62. The van der Waals surface area contributed by atoms with Crippen LogP contribution < -0.4 is 10.5 Å². The van der Waals surface area contributed by atoms with E-state index in [2.05, 4.69) is 5.10 Å². The van der Waals surface area contributed by atoms with Crippen molar-refractivity contribution in [1.29, 1.82) is 0 Å². The number of methoxy groups -OCH3 is 1. The minimum Gasteiger partial charge on any atom is -0.496 e. The molecule has 4 nitrogen and oxygen atoms in total. The van der Waals surface area contributed by atoms with Crippen molar-refractivity contribution in [3.63, 3.8) is 0 Å². The summed E-state index contributed by atoms with van der Waals surface area (Å²) in [5, 5.41) is 4.78. The minimum atomic E-state index is -0.351. The van der Waals surface area contributed by atoms with Gasteiger partial charge in [0.15, 0.2) is 0 Å². The first-order valence-corrected chi connectivity index (χ1v) is 6.16. The van der Waals surface area contributed by atoms with Crippen molar-refractivity contribution >= 4 is 11.6 Å². The zero-order valence-electron chi connectivity index (χ0n) is 10.4. The normalized spacial score (nSPS) is 12.4. The number of halogens is 1. The molecule has 5 heteroatoms. The molecular weight excluding hydrogens is 250 g/mol. The Kier molecular flexibility index (Phi) is 3.89. The van der Waals surface area contributed by atoms with Crippen molar-refractivity contribution in [1.82, 2.24) is 9.78 Å². The zero-order chi connectivity index (χ0) is 13.1. The van der Waals surface area contributed by atoms with E-state index >= 15 is 0 Å². The summed E-state index contributed by atoms with van der Waals surface area (Å²) in [6, 6.07) is 7.31. The van der Waals surface area contributed by atoms with E-state index in [0.717, 1.165) is 23.6 Å². The van der Waals surface area contributed by atoms with E-state index in [1.165, 1.54) is 0 Å². The lowest BCUT2D eigenvalue weighted by Gasteiger charge is -2.17. The maximum atomic E-state index is 6.29. The monoisotopic (exact) mass is 265 g/mol. The Labute approximate surface area is 111 Å². The van der Waals surface area contributed by atoms with Gasteiger partial charge in [0, 0.05) is 12.1 Å². The molecule has 0 radical (unpaired) electrons. The number of nitrogens with zero attached hydrogens (tertiary/aromatic N) is 2. The minimum absolute atomic E-state index is 0.351. The van der Waals surface area contributed by atoms with Gasteiger partial charge in [0.1, 0.15) is 5.75 Å². The molecular formula is C13H16ClN3O. The van der Waals surface area contributed by atoms with Gasteiger partial charge in [-0.1, -0.05) is 29.8 Å². The lowest BCUT2D eigenvalue weighted by molar-refractivity contribution is 0.407. The van der Waals surface area contributed by atoms with Crippen LogP contribution in [0.2, 0.25) is 5.02 Å². The van der Waals surface area contributed by atoms with Gasteiger partial charge in [-0.3, -0.25) is 4.68 Å². The number of nitrogens with two attached hydrogens (primary N) is 1. The van der Waals surface area contributed by atoms with Gasteiger partial charge in [0.2, 0.25) is 0 Å². The van der Waals surface area contributed by atoms with Crippen LogP contribution in [0.3, 0.4) is 0 Å². The third-order valence-electron chi connectivity index (χ3n) is 2.90. The van der Waals surface area contributed by atoms with E-state index in [-0.39, 0.29) is 6.04 Å². The molecule has 0 aliphatic carbocycles. The molecule has 0 amide bonds. The molecule has 1 atom stereocenters. The molecule has 1 aromatic heterocycles. The molecule has 1 heterocycles. The molecule has 0 saturated carbocycles. The standard InChI is InChI=1S/C13H16ClN3O/c1-3-17-13(10(14)8-16-17)12(15)9-6-4-5-7-11(9)18-2/h4-8,12H,3,15H2,1-2H3. The molecule has 0 saturated heterocycles. The van der Waals surface area contributed by atoms with Gasteiger partial charge in [-0.25, -0.2) is 0 Å². The van der Waals surface area contributed by atoms with Crippen molar-refractivity contribution in [2.75, 3.05) is 7.11 Å². The molecule has 0 spiro atoms. The van der Waals surface area contributed by atoms with E-state index in [9.17, 15) is 0 Å². The fraction of sp³-hybridized carbons (Fsp3) is 0.308. The number of rotatable bonds is 4. The second-order valence-electron chi connectivity index (χ2n) is 3.91. The summed E-state index contributed by atoms with van der Waals surface area (Å²) in [4.78, 5) is 0. The van der Waals surface area contributed by atoms with Crippen LogP contribution in [-0.4, -0.2) is 16.9 Å². The Morgan fingerprint density at radius 2 is 2.17 bits per heavy atom. The molecule has 0 aliphatic rings. The molecule has 2 N–H and O–H groups in total. The number of aryl methyl sites for hydroxylation is 1. The van der Waals surface area contributed by atoms with Crippen molar-refractivity contribution in [2.45, 2.75) is 19.5 Å². The molecule has 96 valence electrons. The predicted molar refractivity (Wildman–Crippen MR) is 71.9 cm³/mol. The van der Waals surface area contributed by atoms with Crippen molar-refractivity contribution in [2.24, 2.45) is 5.73 Å². The van der Waals surface area contributed by atoms with Crippen LogP contribution in [0.5, 0.6) is 5.75 Å². The highest BCUT2D eigenvalue weighted by Gasteiger charge is 2.20. The summed E-state index contributed by atoms with van der Waals surface area (Å²) >= 11 is 6.16. The molecule has 1 aromatic carbocycles. The average molecular weight is 266 g/mol. The summed E-state index contributed by atoms with van der Waals surface area (Å²) < 4.78 is 7.13. The Morgan fingerprint density at radius 1 is 1.44 bits per heavy atom. The Balaban J connectivity index is 2.47. The van der Waals surface area contributed by atoms with Crippen molar-refractivity contribution < 1.29 is 4.74 Å². The number of hydrogen-bond acceptors (Lipinski definition) is 3. The lowest BCUT2D eigenvalue weighted by Crippen LogP contribution is -2.18. The van der Waals surface area contributed by atoms with E-state index in [0.29, 0.717) is 5.02 Å². The summed E-state index contributed by atoms with van der Waals surface area (Å²) in [5.74, 6) is 0.755. The fourth-order valence-corrected chi connectivity index (χ4v) is 2.26. The largest absolute Gasteiger partial charge is 0.496 e. The number of aromatic nitrogens is 2. The highest BCUT2D eigenvalue weighted by atomic mass is 35.5. The topological polar surface area (TPSA) is 53.1 Å². The van der Waals surface area contributed by atoms with E-state index in [1.807, 2.05) is 31.2 Å². The van der Waals surface area contributed by atoms with Gasteiger partial charge < -0.3 is 10.5 Å². The molecule has 0 fully saturated rings. The summed E-state index contributed by atoms with van der Waals surface area (Å²) in [6.45, 7) is 2.73. The third-order valence-corrected chi connectivity index (χ3v) is 3.19. The quantitative estimate of drug-likeness (QED) is 0.925. The van der Waals surface area contributed by atoms with Gasteiger partial charge in [0.25, 0.3) is 0 Å². The second-order valence-corrected chi connectivity index (χ2v) is 4.32. The van der Waals surface area contributed by atoms with Crippen LogP contribution in [0.15, 0.2) is 30.5 Å². The van der Waals surface area contributed by atoms with Crippen LogP contribution in [-0.2, 0) is 6.54 Å². The molecule has 2 rings (SSSR count). The lowest BCUT2D eigenvalue weighted by atomic mass is 10.0. The van der Waals surface area contributed by atoms with Gasteiger partial charge in [-0.2, -0.15) is 5.10 Å². The average Bonchev–Trinajstić information content (AvgIpc) is 2.79. The smallest absolute Gasteiger partial charge is 0.124 e. The zero-order valence-corrected chi connectivity index (χ0v) is 11.2. The Bertz CT molecular complexity index is 539. The van der Waals surface area contributed by atoms with Crippen molar-refractivity contribution in [3.8, 4) is 5.75 Å². The third kappa shape index (κ3) is 2.21. The molecule has 1 unspecified atom stereocenters. The van der Waals surface area contributed by atoms with E-state index < -0.39 is 0 Å². The fourth-order valence-electron chi connectivity index (χ4n) is 2.00. The first-order chi connectivity index (χ1) is 8.69.